The average Bonchev–Trinajstić information content (AvgIpc) is 2.40. The molecule has 0 spiro atoms. The topological polar surface area (TPSA) is 354 Å². The number of aliphatic hydroxyl groups excluding tert-OH is 1. The molecule has 4 amide bonds. The van der Waals surface area contributed by atoms with E-state index >= 15 is 0 Å². The standard InChI is InChI=1S/C64H108N7O19PS/c1-48(2)39-56(68-64(79)58-18-14-22-71(58)61(76)19-23-83-25-27-85-29-31-87-33-35-89-37-38-90-36-34-88-32-30-86-28-26-84-24-20-67-63(78)55(65)46-92)59(74)41-52(62(77)69-57(44-72)60(75)42-54(50(4)73)49(3)45-91(80,81)82)40-53-43-66-47-70(53)21-13-8-6-5-7-10-15-51-16-11-9-12-17-51/h9,11-12,16-17,43,47-49,52,54-58,72,92H,5-8,10,13-15,18-42,44-46,65H2,1-4H3,(H,67,78)(H,68,79)(H,69,77)(H2,80,81,82)/t49-,52+,54-,55-,56-,57-,58-/m0/s1. The van der Waals surface area contributed by atoms with Crippen molar-refractivity contribution >= 4 is 61.2 Å². The van der Waals surface area contributed by atoms with Gasteiger partial charge in [0.15, 0.2) is 11.6 Å². The summed E-state index contributed by atoms with van der Waals surface area (Å²) in [5, 5.41) is 18.6. The number of aromatic nitrogens is 2. The summed E-state index contributed by atoms with van der Waals surface area (Å²) in [5.41, 5.74) is 7.57. The van der Waals surface area contributed by atoms with Crippen LogP contribution in [0.5, 0.6) is 0 Å². The Morgan fingerprint density at radius 1 is 0.707 bits per heavy atom. The third kappa shape index (κ3) is 36.3. The fourth-order valence-electron chi connectivity index (χ4n) is 10.5. The van der Waals surface area contributed by atoms with E-state index in [1.54, 1.807) is 12.5 Å². The van der Waals surface area contributed by atoms with Gasteiger partial charge in [0.05, 0.1) is 149 Å². The molecule has 3 rings (SSSR count). The van der Waals surface area contributed by atoms with Gasteiger partial charge in [0, 0.05) is 62.5 Å². The van der Waals surface area contributed by atoms with Crippen LogP contribution in [-0.2, 0) is 95.4 Å². The molecule has 7 atom stereocenters. The number of aryl methyl sites for hydroxylation is 2. The summed E-state index contributed by atoms with van der Waals surface area (Å²) in [6.07, 6.45) is 10.2. The lowest BCUT2D eigenvalue weighted by Gasteiger charge is -2.28. The number of Topliss-reactive ketones (excluding diaryl/α,β-unsaturated/α-hetero) is 3. The zero-order valence-electron chi connectivity index (χ0n) is 54.8. The summed E-state index contributed by atoms with van der Waals surface area (Å²) in [5.74, 6) is -6.30. The summed E-state index contributed by atoms with van der Waals surface area (Å²) in [6, 6.07) is 6.40. The lowest BCUT2D eigenvalue weighted by Crippen LogP contribution is -2.52. The molecule has 2 aromatic rings. The summed E-state index contributed by atoms with van der Waals surface area (Å²) < 4.78 is 58.0. The first kappa shape index (κ1) is 81.7. The number of benzene rings is 1. The molecule has 1 fully saturated rings. The molecule has 2 heterocycles. The van der Waals surface area contributed by atoms with Gasteiger partial charge in [-0.25, -0.2) is 4.98 Å². The van der Waals surface area contributed by atoms with Crippen LogP contribution in [0.15, 0.2) is 42.9 Å². The molecule has 0 aliphatic carbocycles. The number of carbonyl (C=O) groups excluding carboxylic acids is 7. The van der Waals surface area contributed by atoms with Gasteiger partial charge in [0.2, 0.25) is 23.6 Å². The predicted molar refractivity (Wildman–Crippen MR) is 348 cm³/mol. The highest BCUT2D eigenvalue weighted by atomic mass is 32.1. The number of imidazole rings is 1. The van der Waals surface area contributed by atoms with Gasteiger partial charge in [-0.05, 0) is 62.8 Å². The van der Waals surface area contributed by atoms with Crippen molar-refractivity contribution in [2.24, 2.45) is 29.4 Å². The van der Waals surface area contributed by atoms with Crippen molar-refractivity contribution < 1.29 is 90.9 Å². The summed E-state index contributed by atoms with van der Waals surface area (Å²) in [7, 11) is -4.55. The smallest absolute Gasteiger partial charge is 0.325 e. The van der Waals surface area contributed by atoms with Gasteiger partial charge in [0.1, 0.15) is 17.9 Å². The second-order valence-corrected chi connectivity index (χ2v) is 25.7. The quantitative estimate of drug-likeness (QED) is 0.0267. The highest BCUT2D eigenvalue weighted by Gasteiger charge is 2.38. The second kappa shape index (κ2) is 49.0. The number of nitrogens with one attached hydrogen (secondary N) is 3. The fourth-order valence-corrected chi connectivity index (χ4v) is 11.6. The third-order valence-corrected chi connectivity index (χ3v) is 16.9. The maximum atomic E-state index is 14.6. The number of thiol groups is 1. The Hall–Kier alpha value is -4.58. The number of nitrogens with two attached hydrogens (primary N) is 1. The van der Waals surface area contributed by atoms with Crippen LogP contribution in [0.25, 0.3) is 0 Å². The Balaban J connectivity index is 1.42. The van der Waals surface area contributed by atoms with Gasteiger partial charge in [-0.1, -0.05) is 76.8 Å². The van der Waals surface area contributed by atoms with E-state index in [4.69, 9.17) is 43.6 Å². The molecule has 1 saturated heterocycles. The molecule has 0 unspecified atom stereocenters. The number of ketones is 3. The molecule has 92 heavy (non-hydrogen) atoms. The minimum atomic E-state index is -4.55. The number of hydrogen-bond donors (Lipinski definition) is 8. The molecule has 1 aliphatic rings. The van der Waals surface area contributed by atoms with Gasteiger partial charge in [-0.3, -0.25) is 38.1 Å². The molecule has 0 bridgehead atoms. The van der Waals surface area contributed by atoms with Gasteiger partial charge in [-0.2, -0.15) is 12.6 Å². The Bertz CT molecular complexity index is 2440. The Kier molecular flexibility index (Phi) is 43.5. The molecule has 26 nitrogen and oxygen atoms in total. The minimum absolute atomic E-state index is 0.0157. The van der Waals surface area contributed by atoms with Crippen molar-refractivity contribution in [2.45, 2.75) is 148 Å². The lowest BCUT2D eigenvalue weighted by molar-refractivity contribution is -0.140. The van der Waals surface area contributed by atoms with Gasteiger partial charge in [-0.15, -0.1) is 0 Å². The molecule has 1 aliphatic heterocycles. The van der Waals surface area contributed by atoms with Crippen molar-refractivity contribution in [3.05, 3.63) is 54.1 Å². The van der Waals surface area contributed by atoms with Crippen molar-refractivity contribution in [3.8, 4) is 0 Å². The van der Waals surface area contributed by atoms with Crippen LogP contribution in [0.2, 0.25) is 0 Å². The Labute approximate surface area is 549 Å². The van der Waals surface area contributed by atoms with Crippen molar-refractivity contribution in [1.82, 2.24) is 30.4 Å². The largest absolute Gasteiger partial charge is 0.394 e. The number of aliphatic hydroxyl groups is 1. The Morgan fingerprint density at radius 2 is 1.24 bits per heavy atom. The second-order valence-electron chi connectivity index (χ2n) is 23.6. The number of unbranched alkanes of at least 4 members (excludes halogenated alkanes) is 5. The van der Waals surface area contributed by atoms with Gasteiger partial charge in [0.25, 0.3) is 0 Å². The molecule has 8 N–H and O–H groups in total. The van der Waals surface area contributed by atoms with Crippen molar-refractivity contribution in [3.63, 3.8) is 0 Å². The first-order valence-electron chi connectivity index (χ1n) is 32.6. The van der Waals surface area contributed by atoms with Crippen LogP contribution in [-0.4, -0.2) is 232 Å². The highest BCUT2D eigenvalue weighted by Crippen LogP contribution is 2.39. The lowest BCUT2D eigenvalue weighted by atomic mass is 9.85. The van der Waals surface area contributed by atoms with Crippen molar-refractivity contribution in [1.29, 1.82) is 0 Å². The maximum Gasteiger partial charge on any atom is 0.325 e. The average molecular weight is 1340 g/mol. The zero-order valence-corrected chi connectivity index (χ0v) is 56.6. The van der Waals surface area contributed by atoms with E-state index in [0.29, 0.717) is 124 Å². The molecule has 524 valence electrons. The first-order valence-corrected chi connectivity index (χ1v) is 35.1. The van der Waals surface area contributed by atoms with Crippen LogP contribution in [0.1, 0.15) is 116 Å². The normalized spacial score (nSPS) is 15.4. The summed E-state index contributed by atoms with van der Waals surface area (Å²) >= 11 is 3.99. The molecule has 0 radical (unpaired) electrons. The molecule has 0 saturated carbocycles. The van der Waals surface area contributed by atoms with Gasteiger partial charge < -0.3 is 83.9 Å². The number of carbonyl (C=O) groups is 7. The third-order valence-electron chi connectivity index (χ3n) is 15.5. The van der Waals surface area contributed by atoms with Crippen molar-refractivity contribution in [2.75, 3.05) is 137 Å². The summed E-state index contributed by atoms with van der Waals surface area (Å²) in [6.45, 7) is 12.7. The van der Waals surface area contributed by atoms with E-state index in [1.165, 1.54) is 24.3 Å². The van der Waals surface area contributed by atoms with E-state index in [2.05, 4.69) is 57.8 Å². The predicted octanol–water partition coefficient (Wildman–Crippen LogP) is 3.46. The fraction of sp³-hybridized carbons (Fsp3) is 0.750. The maximum absolute atomic E-state index is 14.6. The van der Waals surface area contributed by atoms with E-state index < -0.39 is 97.9 Å². The zero-order chi connectivity index (χ0) is 67.4. The van der Waals surface area contributed by atoms with Crippen LogP contribution < -0.4 is 21.7 Å². The molecular weight excluding hydrogens is 1230 g/mol. The number of amides is 4. The van der Waals surface area contributed by atoms with E-state index in [9.17, 15) is 53.0 Å². The number of hydrogen-bond acceptors (Lipinski definition) is 20. The van der Waals surface area contributed by atoms with E-state index in [-0.39, 0.29) is 69.0 Å². The minimum Gasteiger partial charge on any atom is -0.394 e. The monoisotopic (exact) mass is 1340 g/mol. The van der Waals surface area contributed by atoms with Crippen LogP contribution in [0.3, 0.4) is 0 Å². The number of ether oxygens (including phenoxy) is 8. The van der Waals surface area contributed by atoms with E-state index in [1.807, 2.05) is 24.5 Å². The molecular formula is C64H108N7O19PS. The van der Waals surface area contributed by atoms with Crippen LogP contribution in [0, 0.1) is 23.7 Å². The molecule has 28 heteroatoms. The molecule has 1 aromatic heterocycles. The van der Waals surface area contributed by atoms with Crippen LogP contribution >= 0.6 is 20.2 Å². The van der Waals surface area contributed by atoms with E-state index in [0.717, 1.165) is 44.9 Å². The SMILES string of the molecule is CC(=O)[C@@H](CC(=O)[C@H](CO)NC(=O)[C@@H](CC(=O)[C@H](CC(C)C)NC(=O)[C@@H]1CCCN1C(=O)CCOCCOCCOCCOCCOCCOCCOCCOCCNC(=O)[C@@H](N)CS)Cc1cncn1CCCCCCCCc1ccccc1)[C@@H](C)CP(=O)(O)O. The number of likely N-dealkylation sites (tertiary alicyclic amines) is 1. The molecule has 1 aromatic carbocycles. The number of rotatable bonds is 57. The van der Waals surface area contributed by atoms with Gasteiger partial charge >= 0.3 is 7.60 Å². The number of nitrogens with zero attached hydrogens (tertiary/aromatic N) is 3. The Morgan fingerprint density at radius 3 is 1.77 bits per heavy atom. The highest BCUT2D eigenvalue weighted by molar-refractivity contribution is 7.80. The first-order chi connectivity index (χ1) is 44.2. The summed E-state index contributed by atoms with van der Waals surface area (Å²) in [4.78, 5) is 120. The van der Waals surface area contributed by atoms with Crippen LogP contribution in [0.4, 0.5) is 0 Å².